The Balaban J connectivity index is 1.45. The van der Waals surface area contributed by atoms with E-state index in [1.807, 2.05) is 0 Å². The highest BCUT2D eigenvalue weighted by Gasteiger charge is 2.49. The monoisotopic (exact) mass is 623 g/mol. The molecule has 0 bridgehead atoms. The van der Waals surface area contributed by atoms with Gasteiger partial charge in [0.05, 0.1) is 29.5 Å². The van der Waals surface area contributed by atoms with Gasteiger partial charge in [0.1, 0.15) is 5.75 Å². The Kier molecular flexibility index (Phi) is 10.3. The summed E-state index contributed by atoms with van der Waals surface area (Å²) < 4.78 is 29.6. The van der Waals surface area contributed by atoms with Crippen molar-refractivity contribution >= 4 is 30.2 Å². The predicted molar refractivity (Wildman–Crippen MR) is 164 cm³/mol. The van der Waals surface area contributed by atoms with Crippen molar-refractivity contribution in [3.05, 3.63) is 138 Å². The molecule has 4 atom stereocenters. The Morgan fingerprint density at radius 2 is 1.15 bits per heavy atom. The molecule has 1 heterocycles. The summed E-state index contributed by atoms with van der Waals surface area (Å²) >= 11 is 0. The first kappa shape index (κ1) is 31.4. The molecule has 12 nitrogen and oxygen atoms in total. The van der Waals surface area contributed by atoms with Gasteiger partial charge in [0, 0.05) is 0 Å². The van der Waals surface area contributed by atoms with E-state index in [1.165, 1.54) is 6.21 Å². The lowest BCUT2D eigenvalue weighted by Crippen LogP contribution is -2.59. The summed E-state index contributed by atoms with van der Waals surface area (Å²) in [6.07, 6.45) is -3.81. The molecule has 1 saturated heterocycles. The standard InChI is InChI=1S/C34H29N3O9/c35-34(41)37-36-20-22-16-18-26(19-17-22)43-33-29(46-32(40)25-14-8-3-9-15-25)28(45-31(39)24-12-6-2-7-13-24)27(21-42-33)44-30(38)23-10-4-1-5-11-23/h1-20,27-29,33H,21H2,(H3,35,37,41)/b36-20+/t27-,28-,29-,33+/m1/s1. The summed E-state index contributed by atoms with van der Waals surface area (Å²) in [5, 5.41) is 3.71. The third kappa shape index (κ3) is 8.33. The van der Waals surface area contributed by atoms with Crippen molar-refractivity contribution in [2.75, 3.05) is 6.61 Å². The van der Waals surface area contributed by atoms with E-state index in [2.05, 4.69) is 10.5 Å². The summed E-state index contributed by atoms with van der Waals surface area (Å²) in [6, 6.07) is 30.4. The lowest BCUT2D eigenvalue weighted by Gasteiger charge is -2.40. The summed E-state index contributed by atoms with van der Waals surface area (Å²) in [7, 11) is 0. The van der Waals surface area contributed by atoms with Crippen LogP contribution in [0.15, 0.2) is 120 Å². The van der Waals surface area contributed by atoms with Crippen LogP contribution in [0, 0.1) is 0 Å². The van der Waals surface area contributed by atoms with Crippen LogP contribution < -0.4 is 15.9 Å². The second-order valence-corrected chi connectivity index (χ2v) is 9.90. The van der Waals surface area contributed by atoms with Crippen molar-refractivity contribution in [3.63, 3.8) is 0 Å². The molecule has 0 radical (unpaired) electrons. The second kappa shape index (κ2) is 15.1. The van der Waals surface area contributed by atoms with Crippen molar-refractivity contribution in [3.8, 4) is 5.75 Å². The van der Waals surface area contributed by atoms with Crippen molar-refractivity contribution in [1.29, 1.82) is 0 Å². The van der Waals surface area contributed by atoms with Gasteiger partial charge in [0.2, 0.25) is 12.4 Å². The number of carbonyl (C=O) groups excluding carboxylic acids is 4. The van der Waals surface area contributed by atoms with Gasteiger partial charge in [-0.25, -0.2) is 24.6 Å². The van der Waals surface area contributed by atoms with Gasteiger partial charge in [0.15, 0.2) is 12.2 Å². The lowest BCUT2D eigenvalue weighted by molar-refractivity contribution is -0.241. The number of ether oxygens (including phenoxy) is 5. The molecular weight excluding hydrogens is 594 g/mol. The zero-order chi connectivity index (χ0) is 32.3. The second-order valence-electron chi connectivity index (χ2n) is 9.90. The first-order valence-corrected chi connectivity index (χ1v) is 14.1. The number of nitrogens with zero attached hydrogens (tertiary/aromatic N) is 1. The van der Waals surface area contributed by atoms with Crippen LogP contribution in [0.4, 0.5) is 4.79 Å². The van der Waals surface area contributed by atoms with Gasteiger partial charge in [-0.15, -0.1) is 0 Å². The number of esters is 3. The number of hydrogen-bond acceptors (Lipinski definition) is 10. The van der Waals surface area contributed by atoms with Gasteiger partial charge in [-0.05, 0) is 66.2 Å². The fourth-order valence-corrected chi connectivity index (χ4v) is 4.46. The number of nitrogens with one attached hydrogen (secondary N) is 1. The van der Waals surface area contributed by atoms with Gasteiger partial charge < -0.3 is 29.4 Å². The van der Waals surface area contributed by atoms with E-state index in [4.69, 9.17) is 29.4 Å². The maximum Gasteiger partial charge on any atom is 0.338 e. The minimum Gasteiger partial charge on any atom is -0.461 e. The summed E-state index contributed by atoms with van der Waals surface area (Å²) in [5.41, 5.74) is 8.46. The molecule has 1 fully saturated rings. The van der Waals surface area contributed by atoms with Crippen molar-refractivity contribution in [1.82, 2.24) is 5.43 Å². The molecule has 0 aliphatic carbocycles. The number of rotatable bonds is 10. The molecule has 3 N–H and O–H groups in total. The van der Waals surface area contributed by atoms with Crippen LogP contribution in [0.3, 0.4) is 0 Å². The maximum absolute atomic E-state index is 13.3. The van der Waals surface area contributed by atoms with Crippen molar-refractivity contribution in [2.45, 2.75) is 24.6 Å². The lowest BCUT2D eigenvalue weighted by atomic mass is 10.0. The molecule has 234 valence electrons. The van der Waals surface area contributed by atoms with E-state index in [9.17, 15) is 19.2 Å². The molecule has 46 heavy (non-hydrogen) atoms. The molecule has 0 saturated carbocycles. The molecule has 0 spiro atoms. The SMILES string of the molecule is NC(=O)N/N=C/c1ccc(O[C@@H]2OC[C@@H](OC(=O)c3ccccc3)[C@@H](OC(=O)c3ccccc3)[C@H]2OC(=O)c2ccccc2)cc1. The Labute approximate surface area is 263 Å². The van der Waals surface area contributed by atoms with Gasteiger partial charge in [-0.3, -0.25) is 0 Å². The van der Waals surface area contributed by atoms with E-state index < -0.39 is 48.5 Å². The Bertz CT molecular complexity index is 1670. The third-order valence-corrected chi connectivity index (χ3v) is 6.68. The van der Waals surface area contributed by atoms with Crippen LogP contribution in [0.1, 0.15) is 36.6 Å². The summed E-state index contributed by atoms with van der Waals surface area (Å²) in [6.45, 7) is -0.251. The number of nitrogens with two attached hydrogens (primary N) is 1. The summed E-state index contributed by atoms with van der Waals surface area (Å²) in [4.78, 5) is 50.6. The normalized spacial score (nSPS) is 19.0. The van der Waals surface area contributed by atoms with Crippen LogP contribution >= 0.6 is 0 Å². The first-order valence-electron chi connectivity index (χ1n) is 14.1. The largest absolute Gasteiger partial charge is 0.461 e. The quantitative estimate of drug-likeness (QED) is 0.115. The molecule has 0 aromatic heterocycles. The molecule has 4 aromatic carbocycles. The van der Waals surface area contributed by atoms with Crippen LogP contribution in [-0.2, 0) is 18.9 Å². The highest BCUT2D eigenvalue weighted by atomic mass is 16.7. The van der Waals surface area contributed by atoms with Gasteiger partial charge in [0.25, 0.3) is 0 Å². The predicted octanol–water partition coefficient (Wildman–Crippen LogP) is 4.10. The van der Waals surface area contributed by atoms with Gasteiger partial charge in [-0.1, -0.05) is 54.6 Å². The van der Waals surface area contributed by atoms with E-state index >= 15 is 0 Å². The van der Waals surface area contributed by atoms with Crippen molar-refractivity contribution in [2.24, 2.45) is 10.8 Å². The highest BCUT2D eigenvalue weighted by Crippen LogP contribution is 2.29. The number of hydrazone groups is 1. The average molecular weight is 624 g/mol. The molecule has 2 amide bonds. The number of urea groups is 1. The average Bonchev–Trinajstić information content (AvgIpc) is 3.08. The third-order valence-electron chi connectivity index (χ3n) is 6.68. The minimum atomic E-state index is -1.39. The first-order chi connectivity index (χ1) is 22.4. The smallest absolute Gasteiger partial charge is 0.338 e. The topological polar surface area (TPSA) is 165 Å². The highest BCUT2D eigenvalue weighted by molar-refractivity contribution is 5.91. The van der Waals surface area contributed by atoms with Crippen LogP contribution in [-0.4, -0.2) is 61.4 Å². The number of hydrogen-bond donors (Lipinski definition) is 2. The molecule has 1 aliphatic rings. The maximum atomic E-state index is 13.3. The van der Waals surface area contributed by atoms with Gasteiger partial charge in [-0.2, -0.15) is 5.10 Å². The molecule has 12 heteroatoms. The van der Waals surface area contributed by atoms with Crippen LogP contribution in [0.25, 0.3) is 0 Å². The van der Waals surface area contributed by atoms with Crippen LogP contribution in [0.5, 0.6) is 5.75 Å². The molecule has 4 aromatic rings. The molecule has 0 unspecified atom stereocenters. The van der Waals surface area contributed by atoms with E-state index in [1.54, 1.807) is 115 Å². The summed E-state index contributed by atoms with van der Waals surface area (Å²) in [5.74, 6) is -1.86. The molecule has 5 rings (SSSR count). The Hall–Kier alpha value is -6.01. The number of benzene rings is 4. The Morgan fingerprint density at radius 1 is 0.674 bits per heavy atom. The fourth-order valence-electron chi connectivity index (χ4n) is 4.46. The van der Waals surface area contributed by atoms with E-state index in [0.717, 1.165) is 0 Å². The Morgan fingerprint density at radius 3 is 1.65 bits per heavy atom. The van der Waals surface area contributed by atoms with Crippen molar-refractivity contribution < 1.29 is 42.9 Å². The van der Waals surface area contributed by atoms with Crippen LogP contribution in [0.2, 0.25) is 0 Å². The zero-order valence-corrected chi connectivity index (χ0v) is 24.3. The zero-order valence-electron chi connectivity index (χ0n) is 24.3. The van der Waals surface area contributed by atoms with E-state index in [-0.39, 0.29) is 23.3 Å². The van der Waals surface area contributed by atoms with Gasteiger partial charge >= 0.3 is 23.9 Å². The number of carbonyl (C=O) groups is 4. The number of amides is 2. The minimum absolute atomic E-state index is 0.228. The fraction of sp³-hybridized carbons (Fsp3) is 0.147. The van der Waals surface area contributed by atoms with E-state index in [0.29, 0.717) is 11.3 Å². The molecular formula is C34H29N3O9. The molecule has 1 aliphatic heterocycles. The number of primary amides is 1.